The Bertz CT molecular complexity index is 767. The largest absolute Gasteiger partial charge is 0.325 e. The van der Waals surface area contributed by atoms with Crippen molar-refractivity contribution in [1.82, 2.24) is 9.97 Å². The molecule has 0 bridgehead atoms. The van der Waals surface area contributed by atoms with Gasteiger partial charge in [-0.25, -0.2) is 4.98 Å². The van der Waals surface area contributed by atoms with E-state index in [9.17, 15) is 18.4 Å². The number of carbonyl (C=O) groups excluding carboxylic acids is 1. The van der Waals surface area contributed by atoms with Crippen molar-refractivity contribution in [2.75, 3.05) is 11.1 Å². The Morgan fingerprint density at radius 3 is 2.68 bits per heavy atom. The molecule has 1 aromatic heterocycles. The Balaban J connectivity index is 1.89. The molecule has 0 aliphatic rings. The fourth-order valence-electron chi connectivity index (χ4n) is 1.99. The second-order valence-electron chi connectivity index (χ2n) is 5.03. The van der Waals surface area contributed by atoms with Crippen molar-refractivity contribution >= 4 is 35.1 Å². The molecule has 0 fully saturated rings. The van der Waals surface area contributed by atoms with E-state index >= 15 is 0 Å². The van der Waals surface area contributed by atoms with Crippen molar-refractivity contribution in [3.05, 3.63) is 46.4 Å². The summed E-state index contributed by atoms with van der Waals surface area (Å²) in [6, 6.07) is 7.62. The summed E-state index contributed by atoms with van der Waals surface area (Å²) in [5.74, 6) is -2.68. The van der Waals surface area contributed by atoms with E-state index in [1.54, 1.807) is 12.1 Å². The summed E-state index contributed by atoms with van der Waals surface area (Å²) in [4.78, 5) is 30.8. The predicted molar refractivity (Wildman–Crippen MR) is 96.5 cm³/mol. The predicted octanol–water partition coefficient (Wildman–Crippen LogP) is 3.77. The van der Waals surface area contributed by atoms with Crippen LogP contribution in [0.25, 0.3) is 0 Å². The molecular formula is C16H17F2N3O2S2. The van der Waals surface area contributed by atoms with Crippen LogP contribution in [0, 0.1) is 0 Å². The monoisotopic (exact) mass is 385 g/mol. The quantitative estimate of drug-likeness (QED) is 0.534. The van der Waals surface area contributed by atoms with E-state index in [1.165, 1.54) is 18.2 Å². The Labute approximate surface area is 152 Å². The van der Waals surface area contributed by atoms with E-state index in [2.05, 4.69) is 15.3 Å². The average Bonchev–Trinajstić information content (AvgIpc) is 2.54. The second-order valence-corrected chi connectivity index (χ2v) is 7.06. The first-order valence-corrected chi connectivity index (χ1v) is 9.40. The molecule has 5 nitrogen and oxygen atoms in total. The summed E-state index contributed by atoms with van der Waals surface area (Å²) in [6.45, 7) is 1.99. The lowest BCUT2D eigenvalue weighted by atomic mass is 10.2. The molecule has 1 amide bonds. The van der Waals surface area contributed by atoms with Gasteiger partial charge in [0.05, 0.1) is 5.75 Å². The van der Waals surface area contributed by atoms with Crippen LogP contribution in [0.1, 0.15) is 19.0 Å². The van der Waals surface area contributed by atoms with Gasteiger partial charge in [0.15, 0.2) is 5.16 Å². The van der Waals surface area contributed by atoms with E-state index in [0.717, 1.165) is 18.2 Å². The summed E-state index contributed by atoms with van der Waals surface area (Å²) < 4.78 is 24.5. The van der Waals surface area contributed by atoms with Gasteiger partial charge in [0.1, 0.15) is 0 Å². The number of hydrogen-bond acceptors (Lipinski definition) is 5. The Hall–Kier alpha value is -1.87. The highest BCUT2D eigenvalue weighted by Crippen LogP contribution is 2.26. The lowest BCUT2D eigenvalue weighted by Gasteiger charge is -2.07. The number of H-pyrrole nitrogens is 1. The van der Waals surface area contributed by atoms with Crippen molar-refractivity contribution in [1.29, 1.82) is 0 Å². The summed E-state index contributed by atoms with van der Waals surface area (Å²) in [7, 11) is 0. The van der Waals surface area contributed by atoms with Gasteiger partial charge in [-0.2, -0.15) is 8.78 Å². The van der Waals surface area contributed by atoms with Crippen LogP contribution in [-0.4, -0.2) is 27.4 Å². The van der Waals surface area contributed by atoms with Gasteiger partial charge in [0, 0.05) is 22.3 Å². The maximum absolute atomic E-state index is 12.3. The van der Waals surface area contributed by atoms with Crippen molar-refractivity contribution in [2.45, 2.75) is 35.6 Å². The molecule has 2 aromatic rings. The number of hydrogen-bond donors (Lipinski definition) is 2. The number of thioether (sulfide) groups is 2. The van der Waals surface area contributed by atoms with Crippen LogP contribution in [0.2, 0.25) is 0 Å². The van der Waals surface area contributed by atoms with Gasteiger partial charge in [-0.1, -0.05) is 36.9 Å². The van der Waals surface area contributed by atoms with Gasteiger partial charge in [0.25, 0.3) is 11.3 Å². The van der Waals surface area contributed by atoms with Crippen LogP contribution >= 0.6 is 23.5 Å². The number of aromatic amines is 1. The van der Waals surface area contributed by atoms with Gasteiger partial charge in [0.2, 0.25) is 5.91 Å². The number of alkyl halides is 2. The molecule has 0 radical (unpaired) electrons. The van der Waals surface area contributed by atoms with E-state index in [-0.39, 0.29) is 17.2 Å². The standard InChI is InChI=1S/C16H17F2N3O2S2/c1-2-3-11-8-13(22)21-16(20-11)24-9-14(23)19-10-4-6-12(7-5-10)25-15(17)18/h4-8,15H,2-3,9H2,1H3,(H,19,23)(H,20,21,22). The molecule has 1 aromatic carbocycles. The van der Waals surface area contributed by atoms with Gasteiger partial charge in [-0.3, -0.25) is 9.59 Å². The zero-order valence-corrected chi connectivity index (χ0v) is 15.1. The molecule has 1 heterocycles. The van der Waals surface area contributed by atoms with Gasteiger partial charge in [-0.05, 0) is 30.7 Å². The van der Waals surface area contributed by atoms with Crippen LogP contribution in [0.3, 0.4) is 0 Å². The minimum absolute atomic E-state index is 0.0755. The molecule has 0 atom stereocenters. The normalized spacial score (nSPS) is 10.9. The molecule has 0 spiro atoms. The van der Waals surface area contributed by atoms with E-state index in [0.29, 0.717) is 39.6 Å². The van der Waals surface area contributed by atoms with Crippen molar-refractivity contribution < 1.29 is 13.6 Å². The van der Waals surface area contributed by atoms with Gasteiger partial charge in [-0.15, -0.1) is 0 Å². The first-order valence-electron chi connectivity index (χ1n) is 7.54. The third-order valence-electron chi connectivity index (χ3n) is 2.98. The van der Waals surface area contributed by atoms with E-state index < -0.39 is 5.76 Å². The summed E-state index contributed by atoms with van der Waals surface area (Å²) >= 11 is 1.58. The number of aromatic nitrogens is 2. The fourth-order valence-corrected chi connectivity index (χ4v) is 3.18. The van der Waals surface area contributed by atoms with Crippen molar-refractivity contribution in [3.63, 3.8) is 0 Å². The molecule has 0 saturated heterocycles. The summed E-state index contributed by atoms with van der Waals surface area (Å²) in [5, 5.41) is 3.07. The van der Waals surface area contributed by atoms with Crippen LogP contribution in [0.4, 0.5) is 14.5 Å². The molecule has 2 rings (SSSR count). The smallest absolute Gasteiger partial charge is 0.288 e. The fraction of sp³-hybridized carbons (Fsp3) is 0.312. The van der Waals surface area contributed by atoms with Crippen LogP contribution < -0.4 is 10.9 Å². The lowest BCUT2D eigenvalue weighted by Crippen LogP contribution is -2.15. The Kier molecular flexibility index (Phi) is 7.45. The summed E-state index contributed by atoms with van der Waals surface area (Å²) in [6.07, 6.45) is 1.58. The van der Waals surface area contributed by atoms with Gasteiger partial charge < -0.3 is 10.3 Å². The number of amides is 1. The van der Waals surface area contributed by atoms with Crippen molar-refractivity contribution in [2.24, 2.45) is 0 Å². The Morgan fingerprint density at radius 1 is 1.32 bits per heavy atom. The zero-order chi connectivity index (χ0) is 18.2. The maximum atomic E-state index is 12.3. The molecule has 0 unspecified atom stereocenters. The average molecular weight is 385 g/mol. The third kappa shape index (κ3) is 6.87. The number of aryl methyl sites for hydroxylation is 1. The second kappa shape index (κ2) is 9.57. The number of benzene rings is 1. The number of nitrogens with one attached hydrogen (secondary N) is 2. The van der Waals surface area contributed by atoms with Crippen molar-refractivity contribution in [3.8, 4) is 0 Å². The first kappa shape index (κ1) is 19.5. The highest BCUT2D eigenvalue weighted by atomic mass is 32.2. The lowest BCUT2D eigenvalue weighted by molar-refractivity contribution is -0.113. The number of rotatable bonds is 8. The molecule has 0 aliphatic carbocycles. The maximum Gasteiger partial charge on any atom is 0.288 e. The third-order valence-corrected chi connectivity index (χ3v) is 4.58. The number of carbonyl (C=O) groups is 1. The highest BCUT2D eigenvalue weighted by Gasteiger charge is 2.08. The molecule has 0 aliphatic heterocycles. The topological polar surface area (TPSA) is 74.8 Å². The van der Waals surface area contributed by atoms with E-state index in [4.69, 9.17) is 0 Å². The molecule has 9 heteroatoms. The SMILES string of the molecule is CCCc1cc(=O)[nH]c(SCC(=O)Nc2ccc(SC(F)F)cc2)n1. The van der Waals surface area contributed by atoms with E-state index in [1.807, 2.05) is 6.92 Å². The summed E-state index contributed by atoms with van der Waals surface area (Å²) in [5.41, 5.74) is 0.972. The van der Waals surface area contributed by atoms with Crippen LogP contribution in [-0.2, 0) is 11.2 Å². The minimum Gasteiger partial charge on any atom is -0.325 e. The van der Waals surface area contributed by atoms with Gasteiger partial charge >= 0.3 is 0 Å². The van der Waals surface area contributed by atoms with Crippen LogP contribution in [0.15, 0.2) is 45.2 Å². The van der Waals surface area contributed by atoms with Crippen LogP contribution in [0.5, 0.6) is 0 Å². The molecule has 134 valence electrons. The zero-order valence-electron chi connectivity index (χ0n) is 13.4. The molecule has 25 heavy (non-hydrogen) atoms. The highest BCUT2D eigenvalue weighted by molar-refractivity contribution is 8.00. The number of halogens is 2. The molecule has 0 saturated carbocycles. The molecular weight excluding hydrogens is 368 g/mol. The molecule has 2 N–H and O–H groups in total. The first-order chi connectivity index (χ1) is 12.0. The Morgan fingerprint density at radius 2 is 2.04 bits per heavy atom. The number of nitrogens with zero attached hydrogens (tertiary/aromatic N) is 1. The number of anilines is 1. The minimum atomic E-state index is -2.48.